The number of rotatable bonds is 6. The summed E-state index contributed by atoms with van der Waals surface area (Å²) in [6.07, 6.45) is 6.43. The number of aromatic hydroxyl groups is 3. The molecule has 1 unspecified atom stereocenters. The predicted octanol–water partition coefficient (Wildman–Crippen LogP) is 12.6. The van der Waals surface area contributed by atoms with E-state index in [0.717, 1.165) is 61.2 Å². The van der Waals surface area contributed by atoms with E-state index in [1.165, 1.54) is 0 Å². The first-order valence-corrected chi connectivity index (χ1v) is 20.3. The fourth-order valence-electron chi connectivity index (χ4n) is 8.14. The van der Waals surface area contributed by atoms with Crippen molar-refractivity contribution in [3.05, 3.63) is 110 Å². The highest BCUT2D eigenvalue weighted by molar-refractivity contribution is 5.54. The quantitative estimate of drug-likeness (QED) is 0.202. The largest absolute Gasteiger partial charge is 0.507 e. The van der Waals surface area contributed by atoms with E-state index in [0.29, 0.717) is 42.9 Å². The Morgan fingerprint density at radius 2 is 0.709 bits per heavy atom. The highest BCUT2D eigenvalue weighted by atomic mass is 16.3. The van der Waals surface area contributed by atoms with Gasteiger partial charge >= 0.3 is 0 Å². The van der Waals surface area contributed by atoms with E-state index in [2.05, 4.69) is 173 Å². The summed E-state index contributed by atoms with van der Waals surface area (Å²) in [4.78, 5) is 0. The summed E-state index contributed by atoms with van der Waals surface area (Å²) in [5, 5.41) is 47.3. The summed E-state index contributed by atoms with van der Waals surface area (Å²) >= 11 is 0. The molecule has 0 heterocycles. The summed E-state index contributed by atoms with van der Waals surface area (Å²) < 4.78 is 0. The average Bonchev–Trinajstić information content (AvgIpc) is 2.95. The monoisotopic (exact) mass is 751 g/mol. The molecule has 4 nitrogen and oxygen atoms in total. The van der Waals surface area contributed by atoms with Crippen molar-refractivity contribution in [1.82, 2.24) is 0 Å². The SMILES string of the molecule is CC(C)(C)c1cc(CC2=CC(O)(Cc3cc(C(C)(C)C)c(O)c(C(C)(C)C)c3)CC(Cc3cc(C(C)(C)C)c(O)c(C(C)(C)C)c3)=C2)cc(C(C)(C)C)c1O. The van der Waals surface area contributed by atoms with Crippen molar-refractivity contribution in [2.45, 2.75) is 188 Å². The maximum Gasteiger partial charge on any atom is 0.123 e. The van der Waals surface area contributed by atoms with Crippen LogP contribution in [0, 0.1) is 0 Å². The Morgan fingerprint density at radius 3 is 1.00 bits per heavy atom. The Kier molecular flexibility index (Phi) is 11.6. The van der Waals surface area contributed by atoms with Gasteiger partial charge in [-0.1, -0.05) is 173 Å². The second kappa shape index (κ2) is 14.5. The van der Waals surface area contributed by atoms with Crippen LogP contribution in [0.25, 0.3) is 0 Å². The second-order valence-electron chi connectivity index (χ2n) is 23.0. The van der Waals surface area contributed by atoms with Gasteiger partial charge in [0.25, 0.3) is 0 Å². The van der Waals surface area contributed by atoms with Crippen LogP contribution in [0.15, 0.2) is 59.7 Å². The van der Waals surface area contributed by atoms with Crippen LogP contribution in [-0.2, 0) is 51.8 Å². The van der Waals surface area contributed by atoms with Crippen molar-refractivity contribution in [2.75, 3.05) is 0 Å². The van der Waals surface area contributed by atoms with E-state index < -0.39 is 5.60 Å². The molecule has 0 bridgehead atoms. The van der Waals surface area contributed by atoms with Crippen LogP contribution < -0.4 is 0 Å². The molecule has 4 N–H and O–H groups in total. The molecular weight excluding hydrogens is 677 g/mol. The minimum atomic E-state index is -1.19. The normalized spacial score (nSPS) is 17.7. The van der Waals surface area contributed by atoms with Crippen LogP contribution in [-0.4, -0.2) is 26.0 Å². The van der Waals surface area contributed by atoms with Gasteiger partial charge in [0, 0.05) is 12.8 Å². The molecule has 0 aliphatic heterocycles. The van der Waals surface area contributed by atoms with Gasteiger partial charge in [-0.3, -0.25) is 0 Å². The molecule has 4 rings (SSSR count). The van der Waals surface area contributed by atoms with Crippen LogP contribution >= 0.6 is 0 Å². The molecule has 55 heavy (non-hydrogen) atoms. The van der Waals surface area contributed by atoms with Crippen LogP contribution in [0.4, 0.5) is 0 Å². The predicted molar refractivity (Wildman–Crippen MR) is 233 cm³/mol. The Morgan fingerprint density at radius 1 is 0.436 bits per heavy atom. The third-order valence-electron chi connectivity index (χ3n) is 11.1. The third kappa shape index (κ3) is 10.3. The molecule has 0 aromatic heterocycles. The van der Waals surface area contributed by atoms with Crippen molar-refractivity contribution in [3.63, 3.8) is 0 Å². The van der Waals surface area contributed by atoms with Gasteiger partial charge in [-0.25, -0.2) is 0 Å². The Hall–Kier alpha value is -3.50. The van der Waals surface area contributed by atoms with E-state index in [4.69, 9.17) is 0 Å². The van der Waals surface area contributed by atoms with Gasteiger partial charge in [0.15, 0.2) is 0 Å². The molecule has 1 aliphatic rings. The number of phenolic OH excluding ortho intramolecular Hbond substituents is 3. The summed E-state index contributed by atoms with van der Waals surface area (Å²) in [5.41, 5.74) is 8.07. The van der Waals surface area contributed by atoms with Crippen LogP contribution in [0.3, 0.4) is 0 Å². The summed E-state index contributed by atoms with van der Waals surface area (Å²) in [5.74, 6) is 1.07. The number of allylic oxidation sites excluding steroid dienone is 2. The minimum absolute atomic E-state index is 0.254. The lowest BCUT2D eigenvalue weighted by Gasteiger charge is -2.34. The van der Waals surface area contributed by atoms with Crippen LogP contribution in [0.5, 0.6) is 17.2 Å². The highest BCUT2D eigenvalue weighted by Crippen LogP contribution is 2.45. The van der Waals surface area contributed by atoms with Crippen molar-refractivity contribution >= 4 is 0 Å². The number of hydrogen-bond donors (Lipinski definition) is 4. The zero-order chi connectivity index (χ0) is 42.1. The Bertz CT molecular complexity index is 1870. The van der Waals surface area contributed by atoms with E-state index in [1.807, 2.05) is 0 Å². The molecule has 4 heteroatoms. The van der Waals surface area contributed by atoms with Crippen molar-refractivity contribution in [2.24, 2.45) is 0 Å². The standard InChI is InChI=1S/C51H74O4/c1-45(2,3)36-22-31(23-37(42(36)52)46(4,5)6)19-33-21-34(20-32-24-38(47(7,8)9)43(53)39(25-32)48(10,11)12)29-51(55,28-33)30-35-26-40(49(13,14)15)44(54)41(27-35)50(16,17)18/h21-28,52-55H,19-20,29-30H2,1-18H3. The van der Waals surface area contributed by atoms with Gasteiger partial charge < -0.3 is 20.4 Å². The lowest BCUT2D eigenvalue weighted by atomic mass is 9.74. The molecule has 0 fully saturated rings. The molecular formula is C51H74O4. The summed E-state index contributed by atoms with van der Waals surface area (Å²) in [6, 6.07) is 12.8. The van der Waals surface area contributed by atoms with E-state index in [1.54, 1.807) is 0 Å². The van der Waals surface area contributed by atoms with Crippen molar-refractivity contribution in [3.8, 4) is 17.2 Å². The number of hydrogen-bond acceptors (Lipinski definition) is 4. The fourth-order valence-corrected chi connectivity index (χ4v) is 8.14. The zero-order valence-electron chi connectivity index (χ0n) is 37.7. The molecule has 0 radical (unpaired) electrons. The molecule has 0 amide bonds. The average molecular weight is 751 g/mol. The third-order valence-corrected chi connectivity index (χ3v) is 11.1. The molecule has 3 aromatic rings. The maximum atomic E-state index is 12.8. The Labute approximate surface area is 334 Å². The zero-order valence-corrected chi connectivity index (χ0v) is 37.7. The molecule has 1 aliphatic carbocycles. The summed E-state index contributed by atoms with van der Waals surface area (Å²) in [7, 11) is 0. The summed E-state index contributed by atoms with van der Waals surface area (Å²) in [6.45, 7) is 38.4. The lowest BCUT2D eigenvalue weighted by molar-refractivity contribution is 0.0885. The fraction of sp³-hybridized carbons (Fsp3) is 0.569. The smallest absolute Gasteiger partial charge is 0.123 e. The molecule has 0 saturated heterocycles. The molecule has 0 saturated carbocycles. The number of benzene rings is 3. The number of phenols is 3. The van der Waals surface area contributed by atoms with Gasteiger partial charge in [0.1, 0.15) is 17.2 Å². The van der Waals surface area contributed by atoms with Crippen LogP contribution in [0.1, 0.15) is 181 Å². The first-order chi connectivity index (χ1) is 24.6. The van der Waals surface area contributed by atoms with E-state index in [9.17, 15) is 20.4 Å². The Balaban J connectivity index is 1.93. The topological polar surface area (TPSA) is 80.9 Å². The second-order valence-corrected chi connectivity index (χ2v) is 23.0. The minimum Gasteiger partial charge on any atom is -0.507 e. The first-order valence-electron chi connectivity index (χ1n) is 20.3. The van der Waals surface area contributed by atoms with Gasteiger partial charge in [-0.15, -0.1) is 0 Å². The molecule has 302 valence electrons. The lowest BCUT2D eigenvalue weighted by Crippen LogP contribution is -2.33. The molecule has 3 aromatic carbocycles. The van der Waals surface area contributed by atoms with Gasteiger partial charge in [-0.2, -0.15) is 0 Å². The maximum absolute atomic E-state index is 12.8. The first kappa shape index (κ1) is 44.2. The highest BCUT2D eigenvalue weighted by Gasteiger charge is 2.35. The van der Waals surface area contributed by atoms with E-state index in [-0.39, 0.29) is 32.5 Å². The van der Waals surface area contributed by atoms with Crippen LogP contribution in [0.2, 0.25) is 0 Å². The molecule has 1 atom stereocenters. The van der Waals surface area contributed by atoms with Gasteiger partial charge in [0.05, 0.1) is 5.60 Å². The van der Waals surface area contributed by atoms with E-state index >= 15 is 0 Å². The van der Waals surface area contributed by atoms with Gasteiger partial charge in [0.2, 0.25) is 0 Å². The van der Waals surface area contributed by atoms with Crippen molar-refractivity contribution < 1.29 is 20.4 Å². The molecule has 0 spiro atoms. The van der Waals surface area contributed by atoms with Gasteiger partial charge in [-0.05, 0) is 107 Å². The number of aliphatic hydroxyl groups is 1. The van der Waals surface area contributed by atoms with Crippen molar-refractivity contribution in [1.29, 1.82) is 0 Å².